The summed E-state index contributed by atoms with van der Waals surface area (Å²) in [5, 5.41) is 9.20. The minimum absolute atomic E-state index is 0.218. The summed E-state index contributed by atoms with van der Waals surface area (Å²) in [4.78, 5) is 11.2. The minimum Gasteiger partial charge on any atom is -0.480 e. The number of aliphatic carboxylic acids is 1. The van der Waals surface area contributed by atoms with Crippen LogP contribution >= 0.6 is 0 Å². The summed E-state index contributed by atoms with van der Waals surface area (Å²) in [5.74, 6) is -1.04. The zero-order chi connectivity index (χ0) is 13.0. The smallest absolute Gasteiger partial charge is 0.326 e. The zero-order valence-electron chi connectivity index (χ0n) is 10.0. The number of rotatable bonds is 4. The Morgan fingerprint density at radius 1 is 1.50 bits per heavy atom. The normalized spacial score (nSPS) is 27.9. The van der Waals surface area contributed by atoms with Crippen LogP contribution < -0.4 is 5.73 Å². The van der Waals surface area contributed by atoms with E-state index in [1.54, 1.807) is 0 Å². The maximum Gasteiger partial charge on any atom is 0.326 e. The Hall–Kier alpha value is -1.43. The van der Waals surface area contributed by atoms with Gasteiger partial charge in [0.15, 0.2) is 0 Å². The molecule has 0 aliphatic carbocycles. The summed E-state index contributed by atoms with van der Waals surface area (Å²) < 4.78 is 10.9. The predicted octanol–water partition coefficient (Wildman–Crippen LogP) is 0.774. The number of hydrogen-bond acceptors (Lipinski definition) is 4. The molecule has 0 aromatic heterocycles. The Labute approximate surface area is 106 Å². The molecule has 98 valence electrons. The molecule has 1 saturated heterocycles. The fraction of sp³-hybridized carbons (Fsp3) is 0.462. The van der Waals surface area contributed by atoms with Gasteiger partial charge in [0, 0.05) is 13.0 Å². The van der Waals surface area contributed by atoms with E-state index >= 15 is 0 Å². The van der Waals surface area contributed by atoms with Crippen molar-refractivity contribution < 1.29 is 19.4 Å². The molecule has 1 aliphatic heterocycles. The Morgan fingerprint density at radius 2 is 2.22 bits per heavy atom. The molecule has 0 bridgehead atoms. The fourth-order valence-corrected chi connectivity index (χ4v) is 1.95. The largest absolute Gasteiger partial charge is 0.480 e. The highest BCUT2D eigenvalue weighted by Gasteiger charge is 2.45. The minimum atomic E-state index is -1.35. The molecule has 2 unspecified atom stereocenters. The SMILES string of the molecule is NC1(C(=O)O)CCOCC1OCc1ccccc1. The van der Waals surface area contributed by atoms with Crippen molar-refractivity contribution in [2.75, 3.05) is 13.2 Å². The fourth-order valence-electron chi connectivity index (χ4n) is 1.95. The van der Waals surface area contributed by atoms with Crippen molar-refractivity contribution in [2.45, 2.75) is 24.7 Å². The van der Waals surface area contributed by atoms with Crippen molar-refractivity contribution in [2.24, 2.45) is 5.73 Å². The topological polar surface area (TPSA) is 81.8 Å². The highest BCUT2D eigenvalue weighted by Crippen LogP contribution is 2.22. The van der Waals surface area contributed by atoms with Crippen molar-refractivity contribution >= 4 is 5.97 Å². The second-order valence-electron chi connectivity index (χ2n) is 4.46. The number of hydrogen-bond donors (Lipinski definition) is 2. The summed E-state index contributed by atoms with van der Waals surface area (Å²) >= 11 is 0. The van der Waals surface area contributed by atoms with E-state index in [9.17, 15) is 9.90 Å². The Kier molecular flexibility index (Phi) is 3.96. The maximum absolute atomic E-state index is 11.2. The third-order valence-corrected chi connectivity index (χ3v) is 3.20. The van der Waals surface area contributed by atoms with Crippen LogP contribution in [-0.4, -0.2) is 35.9 Å². The lowest BCUT2D eigenvalue weighted by Crippen LogP contribution is -2.62. The van der Waals surface area contributed by atoms with Crippen molar-refractivity contribution in [3.63, 3.8) is 0 Å². The quantitative estimate of drug-likeness (QED) is 0.826. The lowest BCUT2D eigenvalue weighted by Gasteiger charge is -2.37. The van der Waals surface area contributed by atoms with Gasteiger partial charge in [-0.05, 0) is 5.56 Å². The highest BCUT2D eigenvalue weighted by molar-refractivity contribution is 5.79. The molecule has 0 amide bonds. The monoisotopic (exact) mass is 251 g/mol. The van der Waals surface area contributed by atoms with Gasteiger partial charge in [-0.3, -0.25) is 4.79 Å². The van der Waals surface area contributed by atoms with Gasteiger partial charge in [0.2, 0.25) is 0 Å². The van der Waals surface area contributed by atoms with E-state index in [0.29, 0.717) is 13.2 Å². The molecule has 1 fully saturated rings. The average Bonchev–Trinajstić information content (AvgIpc) is 2.39. The molecule has 1 aliphatic rings. The third-order valence-electron chi connectivity index (χ3n) is 3.20. The molecule has 1 heterocycles. The van der Waals surface area contributed by atoms with Crippen LogP contribution in [0.5, 0.6) is 0 Å². The Balaban J connectivity index is 2.00. The number of benzene rings is 1. The van der Waals surface area contributed by atoms with Crippen molar-refractivity contribution in [3.05, 3.63) is 35.9 Å². The van der Waals surface area contributed by atoms with Crippen LogP contribution in [0.4, 0.5) is 0 Å². The molecule has 3 N–H and O–H groups in total. The van der Waals surface area contributed by atoms with Crippen LogP contribution in [0.15, 0.2) is 30.3 Å². The molecular formula is C13H17NO4. The summed E-state index contributed by atoms with van der Waals surface area (Å²) in [6.07, 6.45) is -0.356. The van der Waals surface area contributed by atoms with E-state index in [2.05, 4.69) is 0 Å². The van der Waals surface area contributed by atoms with Gasteiger partial charge in [-0.2, -0.15) is 0 Å². The standard InChI is InChI=1S/C13H17NO4/c14-13(12(15)16)6-7-17-9-11(13)18-8-10-4-2-1-3-5-10/h1-5,11H,6-9,14H2,(H,15,16). The van der Waals surface area contributed by atoms with Gasteiger partial charge in [-0.25, -0.2) is 0 Å². The second kappa shape index (κ2) is 5.48. The highest BCUT2D eigenvalue weighted by atomic mass is 16.5. The van der Waals surface area contributed by atoms with E-state index in [4.69, 9.17) is 15.2 Å². The Morgan fingerprint density at radius 3 is 2.89 bits per heavy atom. The van der Waals surface area contributed by atoms with Crippen LogP contribution in [0, 0.1) is 0 Å². The van der Waals surface area contributed by atoms with Gasteiger partial charge >= 0.3 is 5.97 Å². The van der Waals surface area contributed by atoms with Crippen LogP contribution in [0.3, 0.4) is 0 Å². The summed E-state index contributed by atoms with van der Waals surface area (Å²) in [5.41, 5.74) is 5.53. The first kappa shape index (κ1) is 13.0. The first-order valence-corrected chi connectivity index (χ1v) is 5.88. The van der Waals surface area contributed by atoms with E-state index < -0.39 is 17.6 Å². The van der Waals surface area contributed by atoms with Crippen LogP contribution in [-0.2, 0) is 20.9 Å². The molecule has 0 radical (unpaired) electrons. The molecule has 0 spiro atoms. The van der Waals surface area contributed by atoms with Crippen LogP contribution in [0.25, 0.3) is 0 Å². The van der Waals surface area contributed by atoms with Gasteiger partial charge in [-0.15, -0.1) is 0 Å². The molecule has 18 heavy (non-hydrogen) atoms. The summed E-state index contributed by atoms with van der Waals surface area (Å²) in [6, 6.07) is 9.56. The molecular weight excluding hydrogens is 234 g/mol. The second-order valence-corrected chi connectivity index (χ2v) is 4.46. The number of carboxylic acid groups (broad SMARTS) is 1. The summed E-state index contributed by atoms with van der Waals surface area (Å²) in [7, 11) is 0. The van der Waals surface area contributed by atoms with Crippen molar-refractivity contribution in [3.8, 4) is 0 Å². The molecule has 1 aromatic carbocycles. The third kappa shape index (κ3) is 2.69. The average molecular weight is 251 g/mol. The summed E-state index contributed by atoms with van der Waals surface area (Å²) in [6.45, 7) is 0.907. The molecule has 1 aromatic rings. The Bertz CT molecular complexity index is 409. The maximum atomic E-state index is 11.2. The van der Waals surface area contributed by atoms with E-state index in [1.807, 2.05) is 30.3 Å². The number of carbonyl (C=O) groups is 1. The number of ether oxygens (including phenoxy) is 2. The van der Waals surface area contributed by atoms with E-state index in [1.165, 1.54) is 0 Å². The molecule has 0 saturated carbocycles. The van der Waals surface area contributed by atoms with Gasteiger partial charge in [0.05, 0.1) is 13.2 Å². The molecule has 5 heteroatoms. The van der Waals surface area contributed by atoms with E-state index in [-0.39, 0.29) is 13.0 Å². The number of carboxylic acids is 1. The molecule has 2 atom stereocenters. The van der Waals surface area contributed by atoms with E-state index in [0.717, 1.165) is 5.56 Å². The van der Waals surface area contributed by atoms with Crippen LogP contribution in [0.1, 0.15) is 12.0 Å². The number of nitrogens with two attached hydrogens (primary N) is 1. The lowest BCUT2D eigenvalue weighted by molar-refractivity contribution is -0.162. The van der Waals surface area contributed by atoms with Gasteiger partial charge in [-0.1, -0.05) is 30.3 Å². The zero-order valence-corrected chi connectivity index (χ0v) is 10.0. The first-order chi connectivity index (χ1) is 8.63. The lowest BCUT2D eigenvalue weighted by atomic mass is 9.88. The van der Waals surface area contributed by atoms with Gasteiger partial charge in [0.1, 0.15) is 11.6 Å². The first-order valence-electron chi connectivity index (χ1n) is 5.88. The van der Waals surface area contributed by atoms with Gasteiger partial charge < -0.3 is 20.3 Å². The van der Waals surface area contributed by atoms with Crippen molar-refractivity contribution in [1.29, 1.82) is 0 Å². The van der Waals surface area contributed by atoms with Gasteiger partial charge in [0.25, 0.3) is 0 Å². The van der Waals surface area contributed by atoms with Crippen molar-refractivity contribution in [1.82, 2.24) is 0 Å². The molecule has 2 rings (SSSR count). The predicted molar refractivity (Wildman–Crippen MR) is 65.0 cm³/mol. The van der Waals surface area contributed by atoms with Crippen LogP contribution in [0.2, 0.25) is 0 Å². The molecule has 5 nitrogen and oxygen atoms in total.